The van der Waals surface area contributed by atoms with Crippen molar-refractivity contribution in [1.82, 2.24) is 19.8 Å². The van der Waals surface area contributed by atoms with Crippen LogP contribution in [0, 0.1) is 6.92 Å². The van der Waals surface area contributed by atoms with E-state index in [1.807, 2.05) is 30.3 Å². The number of anilines is 1. The van der Waals surface area contributed by atoms with Gasteiger partial charge < -0.3 is 15.1 Å². The summed E-state index contributed by atoms with van der Waals surface area (Å²) in [7, 11) is 0. The van der Waals surface area contributed by atoms with Crippen molar-refractivity contribution in [2.24, 2.45) is 0 Å². The fourth-order valence-corrected chi connectivity index (χ4v) is 2.94. The summed E-state index contributed by atoms with van der Waals surface area (Å²) < 4.78 is 0. The average molecular weight is 353 g/mol. The Morgan fingerprint density at radius 3 is 2.35 bits per heavy atom. The molecule has 136 valence electrons. The summed E-state index contributed by atoms with van der Waals surface area (Å²) in [6, 6.07) is 11.7. The predicted molar refractivity (Wildman–Crippen MR) is 98.7 cm³/mol. The molecule has 1 saturated heterocycles. The van der Waals surface area contributed by atoms with Gasteiger partial charge in [-0.2, -0.15) is 0 Å². The first kappa shape index (κ1) is 17.8. The molecule has 26 heavy (non-hydrogen) atoms. The van der Waals surface area contributed by atoms with Gasteiger partial charge in [0.2, 0.25) is 5.91 Å². The quantitative estimate of drug-likeness (QED) is 0.905. The number of piperazine rings is 1. The topological polar surface area (TPSA) is 78.4 Å². The Bertz CT molecular complexity index is 786. The zero-order chi connectivity index (χ0) is 18.5. The molecular formula is C19H23N5O2. The number of aryl methyl sites for hydroxylation is 1. The van der Waals surface area contributed by atoms with Crippen LogP contribution in [-0.2, 0) is 11.3 Å². The molecule has 1 aromatic carbocycles. The first-order chi connectivity index (χ1) is 12.5. The maximum Gasteiger partial charge on any atom is 0.272 e. The fraction of sp³-hybridized carbons (Fsp3) is 0.368. The summed E-state index contributed by atoms with van der Waals surface area (Å²) in [5.74, 6) is 1.10. The highest BCUT2D eigenvalue weighted by Crippen LogP contribution is 2.13. The lowest BCUT2D eigenvalue weighted by molar-refractivity contribution is -0.130. The molecule has 0 radical (unpaired) electrons. The second-order valence-electron chi connectivity index (χ2n) is 6.32. The van der Waals surface area contributed by atoms with Crippen molar-refractivity contribution in [1.29, 1.82) is 0 Å². The number of nitrogens with one attached hydrogen (secondary N) is 1. The van der Waals surface area contributed by atoms with Crippen LogP contribution < -0.4 is 5.32 Å². The third-order valence-corrected chi connectivity index (χ3v) is 4.39. The van der Waals surface area contributed by atoms with Crippen molar-refractivity contribution in [2.75, 3.05) is 31.5 Å². The van der Waals surface area contributed by atoms with Gasteiger partial charge in [0.1, 0.15) is 17.3 Å². The van der Waals surface area contributed by atoms with Gasteiger partial charge in [-0.15, -0.1) is 0 Å². The van der Waals surface area contributed by atoms with Gasteiger partial charge >= 0.3 is 0 Å². The molecule has 0 unspecified atom stereocenters. The lowest BCUT2D eigenvalue weighted by Gasteiger charge is -2.34. The Balaban J connectivity index is 1.67. The SMILES string of the molecule is CC(=O)N1CCN(C(=O)c2cc(NCc3ccccc3)nc(C)n2)CC1. The number of hydrogen-bond donors (Lipinski definition) is 1. The minimum Gasteiger partial charge on any atom is -0.366 e. The van der Waals surface area contributed by atoms with Crippen molar-refractivity contribution in [3.63, 3.8) is 0 Å². The van der Waals surface area contributed by atoms with Gasteiger partial charge in [0, 0.05) is 45.7 Å². The molecule has 7 heteroatoms. The van der Waals surface area contributed by atoms with Crippen molar-refractivity contribution in [3.8, 4) is 0 Å². The van der Waals surface area contributed by atoms with Crippen molar-refractivity contribution in [2.45, 2.75) is 20.4 Å². The van der Waals surface area contributed by atoms with Crippen LogP contribution >= 0.6 is 0 Å². The van der Waals surface area contributed by atoms with Gasteiger partial charge in [0.25, 0.3) is 5.91 Å². The molecule has 2 heterocycles. The lowest BCUT2D eigenvalue weighted by atomic mass is 10.2. The third kappa shape index (κ3) is 4.36. The van der Waals surface area contributed by atoms with Crippen LogP contribution in [0.5, 0.6) is 0 Å². The lowest BCUT2D eigenvalue weighted by Crippen LogP contribution is -2.50. The number of amides is 2. The molecule has 0 atom stereocenters. The maximum atomic E-state index is 12.8. The zero-order valence-electron chi connectivity index (χ0n) is 15.1. The van der Waals surface area contributed by atoms with Gasteiger partial charge in [0.05, 0.1) is 0 Å². The highest BCUT2D eigenvalue weighted by molar-refractivity contribution is 5.93. The Morgan fingerprint density at radius 2 is 1.69 bits per heavy atom. The van der Waals surface area contributed by atoms with E-state index in [0.717, 1.165) is 5.56 Å². The predicted octanol–water partition coefficient (Wildman–Crippen LogP) is 1.70. The van der Waals surface area contributed by atoms with Crippen LogP contribution in [0.15, 0.2) is 36.4 Å². The van der Waals surface area contributed by atoms with Gasteiger partial charge in [-0.25, -0.2) is 9.97 Å². The zero-order valence-corrected chi connectivity index (χ0v) is 15.1. The number of carbonyl (C=O) groups excluding carboxylic acids is 2. The van der Waals surface area contributed by atoms with E-state index < -0.39 is 0 Å². The van der Waals surface area contributed by atoms with E-state index in [1.165, 1.54) is 0 Å². The minimum atomic E-state index is -0.124. The fourth-order valence-electron chi connectivity index (χ4n) is 2.94. The van der Waals surface area contributed by atoms with E-state index in [9.17, 15) is 9.59 Å². The number of nitrogens with zero attached hydrogens (tertiary/aromatic N) is 4. The molecule has 0 spiro atoms. The summed E-state index contributed by atoms with van der Waals surface area (Å²) in [6.45, 7) is 6.12. The molecule has 1 aliphatic heterocycles. The summed E-state index contributed by atoms with van der Waals surface area (Å²) >= 11 is 0. The van der Waals surface area contributed by atoms with E-state index in [2.05, 4.69) is 15.3 Å². The van der Waals surface area contributed by atoms with Crippen LogP contribution in [0.4, 0.5) is 5.82 Å². The van der Waals surface area contributed by atoms with E-state index in [0.29, 0.717) is 50.1 Å². The number of hydrogen-bond acceptors (Lipinski definition) is 5. The van der Waals surface area contributed by atoms with E-state index >= 15 is 0 Å². The number of carbonyl (C=O) groups is 2. The highest BCUT2D eigenvalue weighted by atomic mass is 16.2. The Morgan fingerprint density at radius 1 is 1.04 bits per heavy atom. The first-order valence-corrected chi connectivity index (χ1v) is 8.71. The summed E-state index contributed by atoms with van der Waals surface area (Å²) in [6.07, 6.45) is 0. The molecule has 1 aliphatic rings. The second-order valence-corrected chi connectivity index (χ2v) is 6.32. The number of aromatic nitrogens is 2. The van der Waals surface area contributed by atoms with Crippen LogP contribution in [-0.4, -0.2) is 57.8 Å². The molecular weight excluding hydrogens is 330 g/mol. The molecule has 3 rings (SSSR count). The summed E-state index contributed by atoms with van der Waals surface area (Å²) in [5, 5.41) is 3.25. The molecule has 0 aliphatic carbocycles. The number of benzene rings is 1. The molecule has 7 nitrogen and oxygen atoms in total. The van der Waals surface area contributed by atoms with Gasteiger partial charge in [-0.3, -0.25) is 9.59 Å². The normalized spacial score (nSPS) is 14.2. The molecule has 2 amide bonds. The standard InChI is InChI=1S/C19H23N5O2/c1-14-21-17(19(26)24-10-8-23(9-11-24)15(2)25)12-18(22-14)20-13-16-6-4-3-5-7-16/h3-7,12H,8-11,13H2,1-2H3,(H,20,21,22). The maximum absolute atomic E-state index is 12.8. The molecule has 2 aromatic rings. The van der Waals surface area contributed by atoms with Crippen molar-refractivity contribution < 1.29 is 9.59 Å². The first-order valence-electron chi connectivity index (χ1n) is 8.71. The molecule has 1 fully saturated rings. The Kier molecular flexibility index (Phi) is 5.46. The monoisotopic (exact) mass is 353 g/mol. The minimum absolute atomic E-state index is 0.0439. The molecule has 1 aromatic heterocycles. The highest BCUT2D eigenvalue weighted by Gasteiger charge is 2.24. The van der Waals surface area contributed by atoms with E-state index in [1.54, 1.807) is 29.7 Å². The average Bonchev–Trinajstić information content (AvgIpc) is 2.66. The third-order valence-electron chi connectivity index (χ3n) is 4.39. The molecule has 0 saturated carbocycles. The van der Waals surface area contributed by atoms with Gasteiger partial charge in [-0.1, -0.05) is 30.3 Å². The van der Waals surface area contributed by atoms with E-state index in [-0.39, 0.29) is 11.8 Å². The second kappa shape index (κ2) is 7.95. The molecule has 0 bridgehead atoms. The van der Waals surface area contributed by atoms with Crippen molar-refractivity contribution >= 4 is 17.6 Å². The summed E-state index contributed by atoms with van der Waals surface area (Å²) in [4.78, 5) is 36.3. The smallest absolute Gasteiger partial charge is 0.272 e. The van der Waals surface area contributed by atoms with Crippen LogP contribution in [0.25, 0.3) is 0 Å². The Hall–Kier alpha value is -2.96. The van der Waals surface area contributed by atoms with Crippen LogP contribution in [0.3, 0.4) is 0 Å². The van der Waals surface area contributed by atoms with Crippen molar-refractivity contribution in [3.05, 3.63) is 53.5 Å². The Labute approximate surface area is 153 Å². The number of rotatable bonds is 4. The van der Waals surface area contributed by atoms with Gasteiger partial charge in [0.15, 0.2) is 0 Å². The largest absolute Gasteiger partial charge is 0.366 e. The van der Waals surface area contributed by atoms with E-state index in [4.69, 9.17) is 0 Å². The molecule has 1 N–H and O–H groups in total. The van der Waals surface area contributed by atoms with Gasteiger partial charge in [-0.05, 0) is 12.5 Å². The van der Waals surface area contributed by atoms with Crippen LogP contribution in [0.2, 0.25) is 0 Å². The summed E-state index contributed by atoms with van der Waals surface area (Å²) in [5.41, 5.74) is 1.52. The van der Waals surface area contributed by atoms with Crippen LogP contribution in [0.1, 0.15) is 28.8 Å².